The predicted octanol–water partition coefficient (Wildman–Crippen LogP) is 5.39. The number of hydrogen-bond acceptors (Lipinski definition) is 3. The number of benzene rings is 3. The van der Waals surface area contributed by atoms with Crippen molar-refractivity contribution in [1.82, 2.24) is 0 Å². The number of carbonyl (C=O) groups is 1. The Morgan fingerprint density at radius 3 is 2.30 bits per heavy atom. The van der Waals surface area contributed by atoms with E-state index in [1.165, 1.54) is 6.07 Å². The average molecular weight is 362 g/mol. The number of rotatable bonds is 6. The maximum atomic E-state index is 14.5. The lowest BCUT2D eigenvalue weighted by Gasteiger charge is -2.09. The summed E-state index contributed by atoms with van der Waals surface area (Å²) in [5.74, 6) is 0.251. The molecular formula is C23H19FO3. The van der Waals surface area contributed by atoms with E-state index >= 15 is 0 Å². The summed E-state index contributed by atoms with van der Waals surface area (Å²) in [4.78, 5) is 11.7. The van der Waals surface area contributed by atoms with E-state index < -0.39 is 5.82 Å². The van der Waals surface area contributed by atoms with Crippen LogP contribution in [0.1, 0.15) is 18.4 Å². The normalized spacial score (nSPS) is 13.2. The Kier molecular flexibility index (Phi) is 4.88. The van der Waals surface area contributed by atoms with Crippen molar-refractivity contribution >= 4 is 5.97 Å². The Hall–Kier alpha value is -3.14. The molecule has 0 saturated heterocycles. The highest BCUT2D eigenvalue weighted by atomic mass is 19.1. The van der Waals surface area contributed by atoms with Gasteiger partial charge in [-0.15, -0.1) is 0 Å². The van der Waals surface area contributed by atoms with Crippen LogP contribution in [0.5, 0.6) is 11.5 Å². The van der Waals surface area contributed by atoms with Crippen molar-refractivity contribution in [2.45, 2.75) is 19.4 Å². The third-order valence-corrected chi connectivity index (χ3v) is 4.48. The first-order chi connectivity index (χ1) is 13.2. The number of hydrogen-bond donors (Lipinski definition) is 0. The minimum absolute atomic E-state index is 0.0174. The number of esters is 1. The van der Waals surface area contributed by atoms with Gasteiger partial charge in [-0.25, -0.2) is 4.39 Å². The van der Waals surface area contributed by atoms with E-state index in [0.29, 0.717) is 12.2 Å². The van der Waals surface area contributed by atoms with Crippen molar-refractivity contribution in [3.63, 3.8) is 0 Å². The maximum Gasteiger partial charge on any atom is 0.314 e. The molecule has 3 aromatic rings. The van der Waals surface area contributed by atoms with Crippen LogP contribution in [0.2, 0.25) is 0 Å². The minimum Gasteiger partial charge on any atom is -0.489 e. The van der Waals surface area contributed by atoms with Gasteiger partial charge in [-0.3, -0.25) is 4.79 Å². The molecule has 0 spiro atoms. The molecule has 0 aromatic heterocycles. The minimum atomic E-state index is -0.422. The van der Waals surface area contributed by atoms with Crippen molar-refractivity contribution < 1.29 is 18.7 Å². The first-order valence-corrected chi connectivity index (χ1v) is 8.97. The van der Waals surface area contributed by atoms with Gasteiger partial charge in [0.25, 0.3) is 0 Å². The topological polar surface area (TPSA) is 35.5 Å². The Morgan fingerprint density at radius 1 is 0.926 bits per heavy atom. The molecule has 1 saturated carbocycles. The first kappa shape index (κ1) is 17.3. The molecule has 4 heteroatoms. The van der Waals surface area contributed by atoms with Gasteiger partial charge in [0.15, 0.2) is 0 Å². The second-order valence-corrected chi connectivity index (χ2v) is 6.64. The smallest absolute Gasteiger partial charge is 0.314 e. The molecule has 0 N–H and O–H groups in total. The van der Waals surface area contributed by atoms with Crippen LogP contribution in [0.4, 0.5) is 4.39 Å². The van der Waals surface area contributed by atoms with Crippen LogP contribution in [0.25, 0.3) is 11.1 Å². The van der Waals surface area contributed by atoms with Crippen LogP contribution in [0, 0.1) is 11.7 Å². The van der Waals surface area contributed by atoms with Gasteiger partial charge in [0.2, 0.25) is 0 Å². The first-order valence-electron chi connectivity index (χ1n) is 8.97. The summed E-state index contributed by atoms with van der Waals surface area (Å²) in [6.07, 6.45) is 1.72. The number of ether oxygens (including phenoxy) is 2. The Bertz CT molecular complexity index is 932. The van der Waals surface area contributed by atoms with Gasteiger partial charge in [-0.1, -0.05) is 42.5 Å². The molecule has 4 rings (SSSR count). The molecule has 27 heavy (non-hydrogen) atoms. The molecule has 0 bridgehead atoms. The summed E-state index contributed by atoms with van der Waals surface area (Å²) in [5.41, 5.74) is 2.28. The van der Waals surface area contributed by atoms with Crippen LogP contribution >= 0.6 is 0 Å². The number of halogens is 1. The van der Waals surface area contributed by atoms with Crippen molar-refractivity contribution in [2.24, 2.45) is 5.92 Å². The van der Waals surface area contributed by atoms with E-state index in [1.54, 1.807) is 12.1 Å². The van der Waals surface area contributed by atoms with Gasteiger partial charge in [0, 0.05) is 11.6 Å². The molecule has 136 valence electrons. The summed E-state index contributed by atoms with van der Waals surface area (Å²) in [6, 6.07) is 21.7. The lowest BCUT2D eigenvalue weighted by Crippen LogP contribution is -2.09. The molecule has 1 aliphatic carbocycles. The molecule has 3 aromatic carbocycles. The quantitative estimate of drug-likeness (QED) is 0.436. The molecular weight excluding hydrogens is 343 g/mol. The molecule has 1 aliphatic rings. The van der Waals surface area contributed by atoms with E-state index in [1.807, 2.05) is 54.6 Å². The van der Waals surface area contributed by atoms with Crippen molar-refractivity contribution in [2.75, 3.05) is 0 Å². The zero-order chi connectivity index (χ0) is 18.6. The maximum absolute atomic E-state index is 14.5. The van der Waals surface area contributed by atoms with E-state index in [-0.39, 0.29) is 17.6 Å². The molecule has 0 amide bonds. The highest BCUT2D eigenvalue weighted by molar-refractivity contribution is 5.77. The standard InChI is InChI=1S/C23H19FO3/c24-22-14-20(27-23(25)18-6-7-18)12-13-21(22)17-8-10-19(11-9-17)26-15-16-4-2-1-3-5-16/h1-5,8-14,18H,6-7,15H2. The fourth-order valence-corrected chi connectivity index (χ4v) is 2.78. The molecule has 0 aliphatic heterocycles. The average Bonchev–Trinajstić information content (AvgIpc) is 3.53. The third kappa shape index (κ3) is 4.34. The number of carbonyl (C=O) groups excluding carboxylic acids is 1. The molecule has 0 unspecified atom stereocenters. The van der Waals surface area contributed by atoms with Crippen molar-refractivity contribution in [3.8, 4) is 22.6 Å². The fourth-order valence-electron chi connectivity index (χ4n) is 2.78. The predicted molar refractivity (Wildman–Crippen MR) is 101 cm³/mol. The van der Waals surface area contributed by atoms with Crippen molar-refractivity contribution in [3.05, 3.63) is 84.2 Å². The summed E-state index contributed by atoms with van der Waals surface area (Å²) >= 11 is 0. The second kappa shape index (κ2) is 7.62. The lowest BCUT2D eigenvalue weighted by atomic mass is 10.0. The van der Waals surface area contributed by atoms with E-state index in [0.717, 1.165) is 29.7 Å². The molecule has 0 heterocycles. The van der Waals surface area contributed by atoms with E-state index in [9.17, 15) is 9.18 Å². The van der Waals surface area contributed by atoms with Crippen LogP contribution < -0.4 is 9.47 Å². The zero-order valence-corrected chi connectivity index (χ0v) is 14.7. The van der Waals surface area contributed by atoms with Crippen LogP contribution in [0.3, 0.4) is 0 Å². The van der Waals surface area contributed by atoms with Crippen molar-refractivity contribution in [1.29, 1.82) is 0 Å². The van der Waals surface area contributed by atoms with Gasteiger partial charge in [-0.05, 0) is 48.2 Å². The SMILES string of the molecule is O=C(Oc1ccc(-c2ccc(OCc3ccccc3)cc2)c(F)c1)C1CC1. The van der Waals surface area contributed by atoms with Gasteiger partial charge in [0.1, 0.15) is 23.9 Å². The highest BCUT2D eigenvalue weighted by Crippen LogP contribution is 2.32. The van der Waals surface area contributed by atoms with Gasteiger partial charge in [-0.2, -0.15) is 0 Å². The zero-order valence-electron chi connectivity index (χ0n) is 14.7. The van der Waals surface area contributed by atoms with Crippen LogP contribution in [0.15, 0.2) is 72.8 Å². The highest BCUT2D eigenvalue weighted by Gasteiger charge is 2.31. The van der Waals surface area contributed by atoms with E-state index in [2.05, 4.69) is 0 Å². The Balaban J connectivity index is 1.42. The Labute approximate surface area is 157 Å². The summed E-state index contributed by atoms with van der Waals surface area (Å²) in [5, 5.41) is 0. The summed E-state index contributed by atoms with van der Waals surface area (Å²) < 4.78 is 25.4. The molecule has 0 atom stereocenters. The van der Waals surface area contributed by atoms with Crippen LogP contribution in [-0.2, 0) is 11.4 Å². The molecule has 3 nitrogen and oxygen atoms in total. The molecule has 0 radical (unpaired) electrons. The molecule has 1 fully saturated rings. The largest absolute Gasteiger partial charge is 0.489 e. The third-order valence-electron chi connectivity index (χ3n) is 4.48. The summed E-state index contributed by atoms with van der Waals surface area (Å²) in [7, 11) is 0. The lowest BCUT2D eigenvalue weighted by molar-refractivity contribution is -0.135. The fraction of sp³-hybridized carbons (Fsp3) is 0.174. The van der Waals surface area contributed by atoms with Gasteiger partial charge < -0.3 is 9.47 Å². The van der Waals surface area contributed by atoms with Crippen LogP contribution in [-0.4, -0.2) is 5.97 Å². The van der Waals surface area contributed by atoms with E-state index in [4.69, 9.17) is 9.47 Å². The van der Waals surface area contributed by atoms with Gasteiger partial charge >= 0.3 is 5.97 Å². The van der Waals surface area contributed by atoms with Gasteiger partial charge in [0.05, 0.1) is 5.92 Å². The summed E-state index contributed by atoms with van der Waals surface area (Å²) in [6.45, 7) is 0.482. The monoisotopic (exact) mass is 362 g/mol. The Morgan fingerprint density at radius 2 is 1.63 bits per heavy atom. The second-order valence-electron chi connectivity index (χ2n) is 6.64.